The van der Waals surface area contributed by atoms with Gasteiger partial charge in [-0.2, -0.15) is 0 Å². The Labute approximate surface area is 128 Å². The van der Waals surface area contributed by atoms with Crippen LogP contribution in [0.2, 0.25) is 0 Å². The summed E-state index contributed by atoms with van der Waals surface area (Å²) in [6.45, 7) is -0.0211. The second-order valence-electron chi connectivity index (χ2n) is 4.81. The molecule has 0 heterocycles. The van der Waals surface area contributed by atoms with Crippen LogP contribution >= 0.6 is 0 Å². The summed E-state index contributed by atoms with van der Waals surface area (Å²) in [5.41, 5.74) is 7.82. The topological polar surface area (TPSA) is 89.6 Å². The number of hydrogen-bond acceptors (Lipinski definition) is 4. The Balaban J connectivity index is 1.93. The molecule has 0 fully saturated rings. The van der Waals surface area contributed by atoms with Gasteiger partial charge in [0.2, 0.25) is 0 Å². The van der Waals surface area contributed by atoms with E-state index < -0.39 is 18.0 Å². The highest BCUT2D eigenvalue weighted by atomic mass is 16.5. The van der Waals surface area contributed by atoms with Crippen LogP contribution in [0.4, 0.5) is 0 Å². The number of nitrogens with two attached hydrogens (primary N) is 1. The fourth-order valence-electron chi connectivity index (χ4n) is 1.91. The minimum absolute atomic E-state index is 0.0211. The Kier molecular flexibility index (Phi) is 5.27. The molecule has 5 heteroatoms. The molecule has 0 aliphatic heterocycles. The maximum Gasteiger partial charge on any atom is 0.338 e. The molecular formula is C17H17NO4. The molecule has 2 aromatic rings. The quantitative estimate of drug-likeness (QED) is 0.799. The van der Waals surface area contributed by atoms with Crippen LogP contribution in [0.25, 0.3) is 11.1 Å². The lowest BCUT2D eigenvalue weighted by Gasteiger charge is -2.08. The lowest BCUT2D eigenvalue weighted by atomic mass is 10.0. The molecule has 3 N–H and O–H groups in total. The van der Waals surface area contributed by atoms with Crippen molar-refractivity contribution in [2.75, 3.05) is 6.61 Å². The van der Waals surface area contributed by atoms with E-state index >= 15 is 0 Å². The summed E-state index contributed by atoms with van der Waals surface area (Å²) in [5.74, 6) is -1.60. The third-order valence-corrected chi connectivity index (χ3v) is 3.21. The number of carboxylic acids is 1. The molecule has 1 atom stereocenters. The van der Waals surface area contributed by atoms with Crippen LogP contribution < -0.4 is 5.73 Å². The van der Waals surface area contributed by atoms with Gasteiger partial charge in [0.25, 0.3) is 0 Å². The fraction of sp³-hybridized carbons (Fsp3) is 0.176. The highest BCUT2D eigenvalue weighted by Gasteiger charge is 2.13. The second-order valence-corrected chi connectivity index (χ2v) is 4.81. The van der Waals surface area contributed by atoms with E-state index in [0.717, 1.165) is 11.1 Å². The van der Waals surface area contributed by atoms with Gasteiger partial charge >= 0.3 is 11.9 Å². The molecule has 0 amide bonds. The van der Waals surface area contributed by atoms with Crippen LogP contribution in [0.1, 0.15) is 16.8 Å². The first-order valence-corrected chi connectivity index (χ1v) is 6.89. The SMILES string of the molecule is NC(CCOC(=O)c1ccc(-c2ccccc2)cc1)C(=O)O. The molecule has 2 rings (SSSR count). The molecule has 1 unspecified atom stereocenters. The molecule has 5 nitrogen and oxygen atoms in total. The van der Waals surface area contributed by atoms with E-state index in [2.05, 4.69) is 0 Å². The Morgan fingerprint density at radius 2 is 1.59 bits per heavy atom. The molecule has 0 aromatic heterocycles. The molecule has 0 aliphatic carbocycles. The zero-order valence-corrected chi connectivity index (χ0v) is 11.9. The van der Waals surface area contributed by atoms with E-state index in [9.17, 15) is 9.59 Å². The number of carboxylic acid groups (broad SMARTS) is 1. The van der Waals surface area contributed by atoms with E-state index in [0.29, 0.717) is 5.56 Å². The number of hydrogen-bond donors (Lipinski definition) is 2. The Morgan fingerprint density at radius 1 is 1.00 bits per heavy atom. The standard InChI is InChI=1S/C17H17NO4/c18-15(16(19)20)10-11-22-17(21)14-8-6-13(7-9-14)12-4-2-1-3-5-12/h1-9,15H,10-11,18H2,(H,19,20). The van der Waals surface area contributed by atoms with Crippen molar-refractivity contribution in [3.8, 4) is 11.1 Å². The minimum atomic E-state index is -1.11. The molecule has 22 heavy (non-hydrogen) atoms. The molecule has 0 spiro atoms. The van der Waals surface area contributed by atoms with Gasteiger partial charge in [-0.1, -0.05) is 42.5 Å². The number of ether oxygens (including phenoxy) is 1. The summed E-state index contributed by atoms with van der Waals surface area (Å²) >= 11 is 0. The van der Waals surface area contributed by atoms with Gasteiger partial charge in [-0.3, -0.25) is 4.79 Å². The maximum absolute atomic E-state index is 11.8. The van der Waals surface area contributed by atoms with Crippen molar-refractivity contribution in [1.82, 2.24) is 0 Å². The number of carbonyl (C=O) groups is 2. The molecule has 0 saturated carbocycles. The van der Waals surface area contributed by atoms with E-state index in [1.165, 1.54) is 0 Å². The third-order valence-electron chi connectivity index (χ3n) is 3.21. The predicted octanol–water partition coefficient (Wildman–Crippen LogP) is 2.31. The molecule has 0 radical (unpaired) electrons. The van der Waals surface area contributed by atoms with Crippen LogP contribution in [0.15, 0.2) is 54.6 Å². The molecule has 2 aromatic carbocycles. The molecule has 0 saturated heterocycles. The summed E-state index contributed by atoms with van der Waals surface area (Å²) in [6, 6.07) is 15.8. The normalized spacial score (nSPS) is 11.7. The zero-order chi connectivity index (χ0) is 15.9. The summed E-state index contributed by atoms with van der Waals surface area (Å²) in [7, 11) is 0. The van der Waals surface area contributed by atoms with Gasteiger partial charge in [0.05, 0.1) is 12.2 Å². The average Bonchev–Trinajstić information content (AvgIpc) is 2.55. The molecule has 0 aliphatic rings. The average molecular weight is 299 g/mol. The van der Waals surface area contributed by atoms with Crippen molar-refractivity contribution in [2.45, 2.75) is 12.5 Å². The van der Waals surface area contributed by atoms with Crippen LogP contribution in [0, 0.1) is 0 Å². The van der Waals surface area contributed by atoms with Gasteiger partial charge < -0.3 is 15.6 Å². The van der Waals surface area contributed by atoms with Crippen LogP contribution in [0.5, 0.6) is 0 Å². The Morgan fingerprint density at radius 3 is 2.18 bits per heavy atom. The van der Waals surface area contributed by atoms with Crippen LogP contribution in [0.3, 0.4) is 0 Å². The minimum Gasteiger partial charge on any atom is -0.480 e. The van der Waals surface area contributed by atoms with Crippen molar-refractivity contribution in [1.29, 1.82) is 0 Å². The van der Waals surface area contributed by atoms with Gasteiger partial charge in [0.15, 0.2) is 0 Å². The number of carbonyl (C=O) groups excluding carboxylic acids is 1. The van der Waals surface area contributed by atoms with E-state index in [1.807, 2.05) is 42.5 Å². The predicted molar refractivity (Wildman–Crippen MR) is 82.4 cm³/mol. The van der Waals surface area contributed by atoms with Gasteiger partial charge in [0, 0.05) is 6.42 Å². The van der Waals surface area contributed by atoms with Gasteiger partial charge in [0.1, 0.15) is 6.04 Å². The summed E-state index contributed by atoms with van der Waals surface area (Å²) in [5, 5.41) is 8.64. The van der Waals surface area contributed by atoms with Crippen LogP contribution in [-0.4, -0.2) is 29.7 Å². The van der Waals surface area contributed by atoms with Crippen LogP contribution in [-0.2, 0) is 9.53 Å². The second kappa shape index (κ2) is 7.38. The maximum atomic E-state index is 11.8. The van der Waals surface area contributed by atoms with Gasteiger partial charge in [-0.25, -0.2) is 4.79 Å². The third kappa shape index (κ3) is 4.17. The first kappa shape index (κ1) is 15.7. The molecule has 0 bridgehead atoms. The van der Waals surface area contributed by atoms with E-state index in [-0.39, 0.29) is 13.0 Å². The number of benzene rings is 2. The molecular weight excluding hydrogens is 282 g/mol. The van der Waals surface area contributed by atoms with Crippen molar-refractivity contribution in [3.05, 3.63) is 60.2 Å². The Hall–Kier alpha value is -2.66. The molecule has 114 valence electrons. The zero-order valence-electron chi connectivity index (χ0n) is 11.9. The van der Waals surface area contributed by atoms with E-state index in [4.69, 9.17) is 15.6 Å². The van der Waals surface area contributed by atoms with Crippen molar-refractivity contribution >= 4 is 11.9 Å². The first-order valence-electron chi connectivity index (χ1n) is 6.89. The van der Waals surface area contributed by atoms with E-state index in [1.54, 1.807) is 12.1 Å². The lowest BCUT2D eigenvalue weighted by Crippen LogP contribution is -2.31. The fourth-order valence-corrected chi connectivity index (χ4v) is 1.91. The highest BCUT2D eigenvalue weighted by Crippen LogP contribution is 2.19. The number of esters is 1. The Bertz CT molecular complexity index is 637. The van der Waals surface area contributed by atoms with Crippen molar-refractivity contribution < 1.29 is 19.4 Å². The summed E-state index contributed by atoms with van der Waals surface area (Å²) < 4.78 is 5.01. The summed E-state index contributed by atoms with van der Waals surface area (Å²) in [4.78, 5) is 22.4. The monoisotopic (exact) mass is 299 g/mol. The van der Waals surface area contributed by atoms with Crippen molar-refractivity contribution in [3.63, 3.8) is 0 Å². The highest BCUT2D eigenvalue weighted by molar-refractivity contribution is 5.90. The van der Waals surface area contributed by atoms with Gasteiger partial charge in [-0.05, 0) is 23.3 Å². The number of rotatable bonds is 6. The van der Waals surface area contributed by atoms with Crippen molar-refractivity contribution in [2.24, 2.45) is 5.73 Å². The largest absolute Gasteiger partial charge is 0.480 e. The number of aliphatic carboxylic acids is 1. The smallest absolute Gasteiger partial charge is 0.338 e. The lowest BCUT2D eigenvalue weighted by molar-refractivity contribution is -0.138. The first-order chi connectivity index (χ1) is 10.6. The summed E-state index contributed by atoms with van der Waals surface area (Å²) in [6.07, 6.45) is 0.0865. The van der Waals surface area contributed by atoms with Gasteiger partial charge in [-0.15, -0.1) is 0 Å².